The monoisotopic (exact) mass is 283 g/mol. The van der Waals surface area contributed by atoms with Gasteiger partial charge >= 0.3 is 10.1 Å². The standard InChI is InChI=1S/C10H9N3O5S/c14-13(15)9-3-1-2-8(6-9)7-18-19(16,17)10-11-4-5-12-10/h1-6H,7H2,(H,11,12). The lowest BCUT2D eigenvalue weighted by atomic mass is 10.2. The Kier molecular flexibility index (Phi) is 3.58. The second-order valence-electron chi connectivity index (χ2n) is 3.54. The number of benzene rings is 1. The number of aromatic nitrogens is 2. The highest BCUT2D eigenvalue weighted by Crippen LogP contribution is 2.15. The number of nitrogens with zero attached hydrogens (tertiary/aromatic N) is 2. The lowest BCUT2D eigenvalue weighted by molar-refractivity contribution is -0.384. The van der Waals surface area contributed by atoms with Crippen LogP contribution in [0.5, 0.6) is 0 Å². The third kappa shape index (κ3) is 3.14. The van der Waals surface area contributed by atoms with Gasteiger partial charge in [-0.05, 0) is 5.56 Å². The van der Waals surface area contributed by atoms with Crippen molar-refractivity contribution < 1.29 is 17.5 Å². The fourth-order valence-electron chi connectivity index (χ4n) is 1.35. The Hall–Kier alpha value is -2.26. The van der Waals surface area contributed by atoms with Crippen molar-refractivity contribution in [1.82, 2.24) is 9.97 Å². The normalized spacial score (nSPS) is 11.4. The predicted octanol–water partition coefficient (Wildman–Crippen LogP) is 1.22. The summed E-state index contributed by atoms with van der Waals surface area (Å²) < 4.78 is 28.0. The Morgan fingerprint density at radius 2 is 2.21 bits per heavy atom. The van der Waals surface area contributed by atoms with E-state index in [4.69, 9.17) is 4.18 Å². The molecule has 1 heterocycles. The summed E-state index contributed by atoms with van der Waals surface area (Å²) in [4.78, 5) is 16.0. The van der Waals surface area contributed by atoms with Crippen LogP contribution < -0.4 is 0 Å². The summed E-state index contributed by atoms with van der Waals surface area (Å²) in [6.07, 6.45) is 2.63. The van der Waals surface area contributed by atoms with Crippen molar-refractivity contribution >= 4 is 15.8 Å². The van der Waals surface area contributed by atoms with Crippen molar-refractivity contribution in [3.63, 3.8) is 0 Å². The summed E-state index contributed by atoms with van der Waals surface area (Å²) in [6.45, 7) is -0.301. The van der Waals surface area contributed by atoms with Crippen LogP contribution in [-0.4, -0.2) is 23.3 Å². The SMILES string of the molecule is O=[N+]([O-])c1cccc(COS(=O)(=O)c2ncc[nH]2)c1. The number of aromatic amines is 1. The summed E-state index contributed by atoms with van der Waals surface area (Å²) in [5.74, 6) is 0. The van der Waals surface area contributed by atoms with Gasteiger partial charge in [0.1, 0.15) is 0 Å². The Bertz CT molecular complexity index is 681. The Morgan fingerprint density at radius 3 is 2.84 bits per heavy atom. The molecule has 19 heavy (non-hydrogen) atoms. The largest absolute Gasteiger partial charge is 0.334 e. The molecule has 0 radical (unpaired) electrons. The Labute approximate surface area is 108 Å². The molecular weight excluding hydrogens is 274 g/mol. The molecule has 8 nitrogen and oxygen atoms in total. The van der Waals surface area contributed by atoms with E-state index in [1.54, 1.807) is 0 Å². The number of nitrogens with one attached hydrogen (secondary N) is 1. The third-order valence-electron chi connectivity index (χ3n) is 2.21. The van der Waals surface area contributed by atoms with Crippen LogP contribution in [0.2, 0.25) is 0 Å². The molecule has 0 aliphatic heterocycles. The number of H-pyrrole nitrogens is 1. The van der Waals surface area contributed by atoms with E-state index < -0.39 is 15.0 Å². The summed E-state index contributed by atoms with van der Waals surface area (Å²) in [6, 6.07) is 5.54. The highest BCUT2D eigenvalue weighted by atomic mass is 32.2. The third-order valence-corrected chi connectivity index (χ3v) is 3.34. The Morgan fingerprint density at radius 1 is 1.42 bits per heavy atom. The molecule has 1 N–H and O–H groups in total. The van der Waals surface area contributed by atoms with Crippen molar-refractivity contribution in [2.24, 2.45) is 0 Å². The smallest absolute Gasteiger partial charge is 0.331 e. The molecule has 100 valence electrons. The number of imidazole rings is 1. The first-order valence-corrected chi connectivity index (χ1v) is 6.52. The Balaban J connectivity index is 2.11. The van der Waals surface area contributed by atoms with Gasteiger partial charge in [0.25, 0.3) is 10.8 Å². The van der Waals surface area contributed by atoms with Gasteiger partial charge in [0.05, 0.1) is 11.5 Å². The summed E-state index contributed by atoms with van der Waals surface area (Å²) in [7, 11) is -3.98. The fourth-order valence-corrected chi connectivity index (χ4v) is 2.15. The zero-order chi connectivity index (χ0) is 13.9. The van der Waals surface area contributed by atoms with E-state index in [1.807, 2.05) is 0 Å². The molecular formula is C10H9N3O5S. The number of nitro groups is 1. The van der Waals surface area contributed by atoms with Gasteiger partial charge in [-0.2, -0.15) is 8.42 Å². The highest BCUT2D eigenvalue weighted by Gasteiger charge is 2.18. The molecule has 2 rings (SSSR count). The van der Waals surface area contributed by atoms with E-state index in [0.717, 1.165) is 0 Å². The van der Waals surface area contributed by atoms with Crippen molar-refractivity contribution in [2.45, 2.75) is 11.8 Å². The molecule has 0 fully saturated rings. The van der Waals surface area contributed by atoms with E-state index >= 15 is 0 Å². The van der Waals surface area contributed by atoms with Crippen LogP contribution in [0.15, 0.2) is 41.8 Å². The van der Waals surface area contributed by atoms with E-state index in [1.165, 1.54) is 36.7 Å². The lowest BCUT2D eigenvalue weighted by Crippen LogP contribution is -2.08. The fraction of sp³-hybridized carbons (Fsp3) is 0.100. The first-order chi connectivity index (χ1) is 8.99. The first kappa shape index (κ1) is 13.2. The van der Waals surface area contributed by atoms with Crippen molar-refractivity contribution in [1.29, 1.82) is 0 Å². The van der Waals surface area contributed by atoms with Crippen molar-refractivity contribution in [3.05, 3.63) is 52.3 Å². The number of non-ortho nitro benzene ring substituents is 1. The van der Waals surface area contributed by atoms with Gasteiger partial charge in [-0.3, -0.25) is 14.3 Å². The maximum atomic E-state index is 11.6. The van der Waals surface area contributed by atoms with Gasteiger partial charge in [0, 0.05) is 24.5 Å². The second kappa shape index (κ2) is 5.16. The van der Waals surface area contributed by atoms with Crippen molar-refractivity contribution in [3.8, 4) is 0 Å². The molecule has 0 aliphatic rings. The minimum absolute atomic E-state index is 0.128. The summed E-state index contributed by atoms with van der Waals surface area (Å²) >= 11 is 0. The molecule has 9 heteroatoms. The van der Waals surface area contributed by atoms with Crippen LogP contribution >= 0.6 is 0 Å². The molecule has 1 aromatic carbocycles. The van der Waals surface area contributed by atoms with E-state index in [9.17, 15) is 18.5 Å². The molecule has 0 saturated carbocycles. The first-order valence-electron chi connectivity index (χ1n) is 5.11. The quantitative estimate of drug-likeness (QED) is 0.501. The topological polar surface area (TPSA) is 115 Å². The van der Waals surface area contributed by atoms with Gasteiger partial charge in [-0.1, -0.05) is 12.1 Å². The van der Waals surface area contributed by atoms with Crippen molar-refractivity contribution in [2.75, 3.05) is 0 Å². The van der Waals surface area contributed by atoms with Gasteiger partial charge < -0.3 is 4.98 Å². The van der Waals surface area contributed by atoms with Crippen LogP contribution in [0.3, 0.4) is 0 Å². The van der Waals surface area contributed by atoms with E-state index in [-0.39, 0.29) is 17.5 Å². The molecule has 0 spiro atoms. The maximum absolute atomic E-state index is 11.6. The zero-order valence-electron chi connectivity index (χ0n) is 9.52. The highest BCUT2D eigenvalue weighted by molar-refractivity contribution is 7.86. The molecule has 0 saturated heterocycles. The zero-order valence-corrected chi connectivity index (χ0v) is 10.3. The number of nitro benzene ring substituents is 1. The molecule has 0 amide bonds. The second-order valence-corrected chi connectivity index (χ2v) is 5.07. The van der Waals surface area contributed by atoms with Crippen LogP contribution in [0, 0.1) is 10.1 Å². The molecule has 0 atom stereocenters. The van der Waals surface area contributed by atoms with Crippen LogP contribution in [-0.2, 0) is 20.9 Å². The number of hydrogen-bond acceptors (Lipinski definition) is 6. The lowest BCUT2D eigenvalue weighted by Gasteiger charge is -2.03. The summed E-state index contributed by atoms with van der Waals surface area (Å²) in [5, 5.41) is 10.3. The number of rotatable bonds is 5. The van der Waals surface area contributed by atoms with Gasteiger partial charge in [0.15, 0.2) is 0 Å². The summed E-state index contributed by atoms with van der Waals surface area (Å²) in [5.41, 5.74) is 0.251. The van der Waals surface area contributed by atoms with Gasteiger partial charge in [-0.25, -0.2) is 4.98 Å². The van der Waals surface area contributed by atoms with Gasteiger partial charge in [-0.15, -0.1) is 0 Å². The van der Waals surface area contributed by atoms with E-state index in [2.05, 4.69) is 9.97 Å². The van der Waals surface area contributed by atoms with Crippen LogP contribution in [0.4, 0.5) is 5.69 Å². The molecule has 0 unspecified atom stereocenters. The van der Waals surface area contributed by atoms with E-state index in [0.29, 0.717) is 5.56 Å². The average molecular weight is 283 g/mol. The molecule has 2 aromatic rings. The minimum Gasteiger partial charge on any atom is -0.334 e. The van der Waals surface area contributed by atoms with Crippen LogP contribution in [0.25, 0.3) is 0 Å². The predicted molar refractivity (Wildman–Crippen MR) is 63.7 cm³/mol. The number of hydrogen-bond donors (Lipinski definition) is 1. The molecule has 0 aliphatic carbocycles. The molecule has 0 bridgehead atoms. The minimum atomic E-state index is -3.98. The molecule has 1 aromatic heterocycles. The van der Waals surface area contributed by atoms with Crippen LogP contribution in [0.1, 0.15) is 5.56 Å². The van der Waals surface area contributed by atoms with Gasteiger partial charge in [0.2, 0.25) is 0 Å². The maximum Gasteiger partial charge on any atom is 0.331 e. The average Bonchev–Trinajstić information content (AvgIpc) is 2.91.